The summed E-state index contributed by atoms with van der Waals surface area (Å²) in [6, 6.07) is -1.35. The van der Waals surface area contributed by atoms with E-state index in [1.807, 2.05) is 0 Å². The van der Waals surface area contributed by atoms with Crippen molar-refractivity contribution in [2.24, 2.45) is 0 Å². The average Bonchev–Trinajstić information content (AvgIpc) is 2.86. The number of amides is 1. The van der Waals surface area contributed by atoms with Crippen LogP contribution >= 0.6 is 0 Å². The fourth-order valence-corrected chi connectivity index (χ4v) is 4.64. The maximum atomic E-state index is 11.6. The fraction of sp³-hybridized carbons (Fsp3) is 0.952. The predicted molar refractivity (Wildman–Crippen MR) is 116 cm³/mol. The predicted octanol–water partition coefficient (Wildman–Crippen LogP) is -5.75. The normalized spacial score (nSPS) is 49.0. The van der Waals surface area contributed by atoms with E-state index < -0.39 is 111 Å². The van der Waals surface area contributed by atoms with E-state index >= 15 is 0 Å². The molecular formula is C21H37NO15. The molecule has 9 N–H and O–H groups in total. The van der Waals surface area contributed by atoms with Crippen molar-refractivity contribution < 1.29 is 74.1 Å². The van der Waals surface area contributed by atoms with Gasteiger partial charge in [0.05, 0.1) is 19.3 Å². The molecule has 16 nitrogen and oxygen atoms in total. The highest BCUT2D eigenvalue weighted by atomic mass is 16.8. The second kappa shape index (κ2) is 12.8. The van der Waals surface area contributed by atoms with Crippen LogP contribution in [0.5, 0.6) is 0 Å². The monoisotopic (exact) mass is 543 g/mol. The van der Waals surface area contributed by atoms with Crippen LogP contribution in [0.4, 0.5) is 0 Å². The first-order valence-corrected chi connectivity index (χ1v) is 11.8. The van der Waals surface area contributed by atoms with Gasteiger partial charge in [-0.1, -0.05) is 0 Å². The topological polar surface area (TPSA) is 246 Å². The van der Waals surface area contributed by atoms with Gasteiger partial charge in [0.1, 0.15) is 67.1 Å². The molecule has 0 spiro atoms. The Balaban J connectivity index is 1.89. The van der Waals surface area contributed by atoms with Gasteiger partial charge in [-0.25, -0.2) is 0 Å². The third-order valence-corrected chi connectivity index (χ3v) is 6.70. The molecule has 16 heteroatoms. The number of methoxy groups -OCH3 is 1. The van der Waals surface area contributed by atoms with Gasteiger partial charge in [-0.2, -0.15) is 0 Å². The van der Waals surface area contributed by atoms with Crippen LogP contribution in [0, 0.1) is 0 Å². The molecule has 0 aromatic heterocycles. The van der Waals surface area contributed by atoms with Crippen molar-refractivity contribution in [3.8, 4) is 0 Å². The first-order chi connectivity index (χ1) is 17.4. The molecule has 3 rings (SSSR count). The minimum atomic E-state index is -1.73. The van der Waals surface area contributed by atoms with Gasteiger partial charge in [-0.3, -0.25) is 4.79 Å². The Kier molecular flexibility index (Phi) is 10.6. The van der Waals surface area contributed by atoms with Gasteiger partial charge in [0.25, 0.3) is 0 Å². The van der Waals surface area contributed by atoms with E-state index in [0.717, 1.165) is 6.92 Å². The van der Waals surface area contributed by atoms with Crippen molar-refractivity contribution in [1.82, 2.24) is 5.32 Å². The summed E-state index contributed by atoms with van der Waals surface area (Å²) in [6.07, 6.45) is -20.4. The first kappa shape index (κ1) is 30.5. The number of aliphatic hydroxyl groups is 8. The lowest BCUT2D eigenvalue weighted by Crippen LogP contribution is -2.68. The molecule has 0 aromatic rings. The number of carbonyl (C=O) groups is 1. The Labute approximate surface area is 212 Å². The van der Waals surface area contributed by atoms with Gasteiger partial charge >= 0.3 is 0 Å². The lowest BCUT2D eigenvalue weighted by molar-refractivity contribution is -0.383. The fourth-order valence-electron chi connectivity index (χ4n) is 4.64. The lowest BCUT2D eigenvalue weighted by atomic mass is 9.95. The minimum Gasteiger partial charge on any atom is -0.394 e. The van der Waals surface area contributed by atoms with Crippen LogP contribution in [0.2, 0.25) is 0 Å². The van der Waals surface area contributed by atoms with E-state index in [1.54, 1.807) is 0 Å². The number of aliphatic hydroxyl groups excluding tert-OH is 8. The SMILES string of the molecule is CO[C@H]1[C@@H](O)[C@@H](CO)O[C@@H](O[C@H]2[C@H](O)[C@@H](NC(C)=O)[C@H](O)O[C@@H]2CO)[C@@H]1O[C@@H]1O[C@@H](C)[C@@H](O)[C@@H](O)[C@@H]1O. The number of carbonyl (C=O) groups excluding carboxylic acids is 1. The van der Waals surface area contributed by atoms with Gasteiger partial charge in [0.15, 0.2) is 18.9 Å². The number of ether oxygens (including phenoxy) is 6. The van der Waals surface area contributed by atoms with Crippen LogP contribution in [0.25, 0.3) is 0 Å². The van der Waals surface area contributed by atoms with E-state index in [4.69, 9.17) is 28.4 Å². The molecular weight excluding hydrogens is 506 g/mol. The zero-order valence-corrected chi connectivity index (χ0v) is 20.5. The smallest absolute Gasteiger partial charge is 0.217 e. The van der Waals surface area contributed by atoms with Gasteiger partial charge in [0.2, 0.25) is 5.91 Å². The summed E-state index contributed by atoms with van der Waals surface area (Å²) in [4.78, 5) is 11.6. The Bertz CT molecular complexity index is 747. The molecule has 1 amide bonds. The summed E-state index contributed by atoms with van der Waals surface area (Å²) in [5.74, 6) is -0.593. The van der Waals surface area contributed by atoms with Gasteiger partial charge < -0.3 is 74.6 Å². The van der Waals surface area contributed by atoms with Crippen molar-refractivity contribution >= 4 is 5.91 Å². The molecule has 37 heavy (non-hydrogen) atoms. The largest absolute Gasteiger partial charge is 0.394 e. The van der Waals surface area contributed by atoms with E-state index in [0.29, 0.717) is 0 Å². The molecule has 3 saturated heterocycles. The van der Waals surface area contributed by atoms with Crippen molar-refractivity contribution in [3.63, 3.8) is 0 Å². The van der Waals surface area contributed by atoms with E-state index in [-0.39, 0.29) is 0 Å². The van der Waals surface area contributed by atoms with Crippen LogP contribution < -0.4 is 5.32 Å². The summed E-state index contributed by atoms with van der Waals surface area (Å²) in [5, 5.41) is 84.1. The van der Waals surface area contributed by atoms with E-state index in [1.165, 1.54) is 14.0 Å². The average molecular weight is 544 g/mol. The molecule has 15 atom stereocenters. The maximum Gasteiger partial charge on any atom is 0.217 e. The molecule has 0 bridgehead atoms. The third-order valence-electron chi connectivity index (χ3n) is 6.70. The zero-order valence-electron chi connectivity index (χ0n) is 20.5. The maximum absolute atomic E-state index is 11.6. The van der Waals surface area contributed by atoms with Gasteiger partial charge in [-0.05, 0) is 6.92 Å². The molecule has 0 radical (unpaired) electrons. The second-order valence-electron chi connectivity index (χ2n) is 9.26. The molecule has 3 heterocycles. The minimum absolute atomic E-state index is 0.593. The standard InChI is InChI=1S/C21H37NO15/c1-6-11(26)14(29)15(30)20(33-6)37-18-17(32-3)12(27)8(4-23)35-21(18)36-16-9(5-24)34-19(31)10(13(16)28)22-7(2)25/h6,8-21,23-24,26-31H,4-5H2,1-3H3,(H,22,25)/t6-,8+,9+,10+,11+,12-,13+,14+,15-,16+,17-,18+,19+,20-,21-/m0/s1. The highest BCUT2D eigenvalue weighted by Gasteiger charge is 2.54. The Morgan fingerprint density at radius 3 is 1.95 bits per heavy atom. The van der Waals surface area contributed by atoms with Gasteiger partial charge in [-0.15, -0.1) is 0 Å². The molecule has 3 fully saturated rings. The van der Waals surface area contributed by atoms with E-state index in [9.17, 15) is 45.6 Å². The summed E-state index contributed by atoms with van der Waals surface area (Å²) < 4.78 is 33.5. The lowest BCUT2D eigenvalue weighted by Gasteiger charge is -2.49. The zero-order chi connectivity index (χ0) is 27.6. The number of hydrogen-bond donors (Lipinski definition) is 9. The van der Waals surface area contributed by atoms with E-state index in [2.05, 4.69) is 5.32 Å². The van der Waals surface area contributed by atoms with Crippen LogP contribution in [0.1, 0.15) is 13.8 Å². The Morgan fingerprint density at radius 1 is 0.757 bits per heavy atom. The third kappa shape index (κ3) is 6.39. The quantitative estimate of drug-likeness (QED) is 0.138. The molecule has 3 aliphatic rings. The molecule has 0 saturated carbocycles. The van der Waals surface area contributed by atoms with Gasteiger partial charge in [0, 0.05) is 14.0 Å². The Hall–Kier alpha value is -1.09. The van der Waals surface area contributed by atoms with Crippen molar-refractivity contribution in [2.75, 3.05) is 20.3 Å². The molecule has 0 aliphatic carbocycles. The van der Waals surface area contributed by atoms with Crippen LogP contribution in [-0.2, 0) is 33.2 Å². The number of nitrogens with one attached hydrogen (secondary N) is 1. The molecule has 0 unspecified atom stereocenters. The molecule has 0 aromatic carbocycles. The van der Waals surface area contributed by atoms with Crippen LogP contribution in [0.15, 0.2) is 0 Å². The number of rotatable bonds is 8. The summed E-state index contributed by atoms with van der Waals surface area (Å²) in [5.41, 5.74) is 0. The molecule has 216 valence electrons. The van der Waals surface area contributed by atoms with Crippen LogP contribution in [-0.4, -0.2) is 159 Å². The van der Waals surface area contributed by atoms with Crippen LogP contribution in [0.3, 0.4) is 0 Å². The summed E-state index contributed by atoms with van der Waals surface area (Å²) in [7, 11) is 1.22. The highest BCUT2D eigenvalue weighted by Crippen LogP contribution is 2.33. The van der Waals surface area contributed by atoms with Crippen molar-refractivity contribution in [3.05, 3.63) is 0 Å². The van der Waals surface area contributed by atoms with Crippen molar-refractivity contribution in [1.29, 1.82) is 0 Å². The van der Waals surface area contributed by atoms with Crippen molar-refractivity contribution in [2.45, 2.75) is 106 Å². The highest BCUT2D eigenvalue weighted by molar-refractivity contribution is 5.73. The summed E-state index contributed by atoms with van der Waals surface area (Å²) >= 11 is 0. The molecule has 3 aliphatic heterocycles. The second-order valence-corrected chi connectivity index (χ2v) is 9.26. The first-order valence-electron chi connectivity index (χ1n) is 11.8. The summed E-state index contributed by atoms with van der Waals surface area (Å²) in [6.45, 7) is 1.18. The Morgan fingerprint density at radius 2 is 1.38 bits per heavy atom. The number of hydrogen-bond acceptors (Lipinski definition) is 15.